The molecule has 11 aromatic rings. The van der Waals surface area contributed by atoms with Crippen molar-refractivity contribution in [1.29, 1.82) is 21.0 Å². The van der Waals surface area contributed by atoms with Gasteiger partial charge in [0.1, 0.15) is 66.6 Å². The molecule has 0 aliphatic heterocycles. The monoisotopic (exact) mass is 1400 g/mol. The first kappa shape index (κ1) is 69.1. The predicted octanol–water partition coefficient (Wildman–Crippen LogP) is 8.40. The molecule has 0 saturated carbocycles. The number of hydrogen-bond donors (Lipinski definition) is 2. The molecule has 0 spiro atoms. The van der Waals surface area contributed by atoms with E-state index in [4.69, 9.17) is 49.4 Å². The van der Waals surface area contributed by atoms with Gasteiger partial charge < -0.3 is 20.1 Å². The average molecular weight is 1400 g/mol. The van der Waals surface area contributed by atoms with Crippen LogP contribution in [-0.2, 0) is 42.3 Å². The minimum atomic E-state index is -0.790. The lowest BCUT2D eigenvalue weighted by Crippen LogP contribution is -2.08. The van der Waals surface area contributed by atoms with Gasteiger partial charge in [-0.1, -0.05) is 45.3 Å². The van der Waals surface area contributed by atoms with E-state index in [1.807, 2.05) is 33.5 Å². The third-order valence-electron chi connectivity index (χ3n) is 10.6. The van der Waals surface area contributed by atoms with Gasteiger partial charge in [0.25, 0.3) is 22.7 Å². The normalized spacial score (nSPS) is 10.1. The number of anilines is 1. The second-order valence-electron chi connectivity index (χ2n) is 17.1. The number of aromatic nitrogens is 18. The first-order chi connectivity index (χ1) is 42.6. The van der Waals surface area contributed by atoms with Crippen molar-refractivity contribution < 1.29 is 23.9 Å². The molecule has 1 atom stereocenters. The molecule has 11 heterocycles. The maximum Gasteiger partial charge on any atom is 0.338 e. The number of ketones is 3. The summed E-state index contributed by atoms with van der Waals surface area (Å²) in [6.45, 7) is 14.5. The van der Waals surface area contributed by atoms with Gasteiger partial charge in [-0.3, -0.25) is 52.4 Å². The lowest BCUT2D eigenvalue weighted by Gasteiger charge is -1.91. The van der Waals surface area contributed by atoms with Crippen molar-refractivity contribution in [1.82, 2.24) is 88.8 Å². The SMILES string of the molecule is CC(=O)c1cnn(C)c1.COc1nc(-c2cn[nH]c2)c(C#N)s1.COc1nc(-c2cnn(C)c2)c(C#N)s1.Cn1cc(-c2nc(Br)sc2C#N)cn1.Cn1cc(-c2nc(N)sc2C#N)cn1.[C-]#[N+]C(Br)C(=O)c1cnn(C)c1.[C-]#[N+]CC(=O)c1cnn(C)c1. The number of thiazole rings is 4. The number of aromatic amines is 1. The number of nitriles is 4. The number of nitrogens with one attached hydrogen (secondary N) is 1. The average Bonchev–Trinajstić information content (AvgIpc) is 2.34. The molecule has 0 aromatic carbocycles. The Bertz CT molecular complexity index is 4340. The lowest BCUT2D eigenvalue weighted by atomic mass is 10.2. The molecule has 0 aliphatic carbocycles. The van der Waals surface area contributed by atoms with Crippen LogP contribution in [0.25, 0.3) is 54.7 Å². The molecule has 11 rings (SSSR count). The summed E-state index contributed by atoms with van der Waals surface area (Å²) < 4.78 is 20.4. The van der Waals surface area contributed by atoms with Crippen LogP contribution in [-0.4, -0.2) is 132 Å². The van der Waals surface area contributed by atoms with Crippen molar-refractivity contribution in [3.63, 3.8) is 0 Å². The van der Waals surface area contributed by atoms with E-state index in [0.29, 0.717) is 78.4 Å². The molecule has 36 heteroatoms. The van der Waals surface area contributed by atoms with Crippen LogP contribution in [0.1, 0.15) is 57.5 Å². The van der Waals surface area contributed by atoms with Gasteiger partial charge in [0.2, 0.25) is 5.78 Å². The molecule has 3 N–H and O–H groups in total. The zero-order valence-corrected chi connectivity index (χ0v) is 54.6. The van der Waals surface area contributed by atoms with Crippen molar-refractivity contribution in [3.8, 4) is 79.7 Å². The Morgan fingerprint density at radius 3 is 1.34 bits per heavy atom. The largest absolute Gasteiger partial charge is 0.473 e. The summed E-state index contributed by atoms with van der Waals surface area (Å²) in [5.74, 6) is -0.366. The summed E-state index contributed by atoms with van der Waals surface area (Å²) in [4.78, 5) is 57.0. The van der Waals surface area contributed by atoms with E-state index in [-0.39, 0.29) is 23.9 Å². The first-order valence-electron chi connectivity index (χ1n) is 24.6. The smallest absolute Gasteiger partial charge is 0.338 e. The minimum Gasteiger partial charge on any atom is -0.473 e. The van der Waals surface area contributed by atoms with Crippen LogP contribution in [0.15, 0.2) is 90.7 Å². The van der Waals surface area contributed by atoms with Crippen LogP contribution in [0, 0.1) is 58.5 Å². The fourth-order valence-electron chi connectivity index (χ4n) is 6.58. The number of aryl methyl sites for hydroxylation is 6. The highest BCUT2D eigenvalue weighted by molar-refractivity contribution is 9.11. The van der Waals surface area contributed by atoms with Gasteiger partial charge in [0.05, 0.1) is 74.3 Å². The summed E-state index contributed by atoms with van der Waals surface area (Å²) in [6, 6.07) is 8.35. The van der Waals surface area contributed by atoms with Crippen molar-refractivity contribution in [2.45, 2.75) is 11.9 Å². The fourth-order valence-corrected chi connectivity index (χ4v) is 10.2. The van der Waals surface area contributed by atoms with Crippen LogP contribution in [0.4, 0.5) is 5.13 Å². The van der Waals surface area contributed by atoms with E-state index in [1.54, 1.807) is 102 Å². The number of nitrogen functional groups attached to an aromatic ring is 1. The molecule has 89 heavy (non-hydrogen) atoms. The van der Waals surface area contributed by atoms with E-state index in [1.165, 1.54) is 88.2 Å². The number of hydrogen-bond acceptors (Lipinski definition) is 25. The van der Waals surface area contributed by atoms with Crippen LogP contribution in [0.2, 0.25) is 0 Å². The highest BCUT2D eigenvalue weighted by atomic mass is 79.9. The molecule has 0 amide bonds. The predicted molar refractivity (Wildman–Crippen MR) is 336 cm³/mol. The molecule has 0 aliphatic rings. The maximum atomic E-state index is 11.3. The Labute approximate surface area is 539 Å². The number of carbonyl (C=O) groups excluding carboxylic acids is 3. The van der Waals surface area contributed by atoms with Crippen molar-refractivity contribution in [3.05, 3.63) is 150 Å². The topological polar surface area (TPSA) is 387 Å². The number of nitrogens with two attached hydrogens (primary N) is 1. The van der Waals surface area contributed by atoms with Crippen LogP contribution in [0.3, 0.4) is 0 Å². The van der Waals surface area contributed by atoms with Crippen molar-refractivity contribution in [2.24, 2.45) is 42.3 Å². The van der Waals surface area contributed by atoms with Gasteiger partial charge in [-0.2, -0.15) is 56.7 Å². The van der Waals surface area contributed by atoms with E-state index >= 15 is 0 Å². The Balaban J connectivity index is 0.000000190. The number of Topliss-reactive ketones (excluding diaryl/α,β-unsaturated/α-hetero) is 3. The van der Waals surface area contributed by atoms with Gasteiger partial charge in [-0.25, -0.2) is 33.1 Å². The van der Waals surface area contributed by atoms with Crippen LogP contribution in [0.5, 0.6) is 10.4 Å². The maximum absolute atomic E-state index is 11.3. The van der Waals surface area contributed by atoms with Crippen LogP contribution < -0.4 is 15.2 Å². The summed E-state index contributed by atoms with van der Waals surface area (Å²) in [5, 5.41) is 66.9. The third kappa shape index (κ3) is 20.2. The molecule has 30 nitrogen and oxygen atoms in total. The summed E-state index contributed by atoms with van der Waals surface area (Å²) in [5.41, 5.74) is 13.0. The summed E-state index contributed by atoms with van der Waals surface area (Å²) in [7, 11) is 13.8. The number of H-pyrrole nitrogens is 1. The lowest BCUT2D eigenvalue weighted by molar-refractivity contribution is 0.0996. The Kier molecular flexibility index (Phi) is 26.3. The summed E-state index contributed by atoms with van der Waals surface area (Å²) in [6.07, 6.45) is 23.2. The highest BCUT2D eigenvalue weighted by Crippen LogP contribution is 2.33. The third-order valence-corrected chi connectivity index (χ3v) is 15.3. The van der Waals surface area contributed by atoms with Crippen molar-refractivity contribution in [2.75, 3.05) is 26.5 Å². The number of carbonyl (C=O) groups is 3. The molecule has 0 bridgehead atoms. The van der Waals surface area contributed by atoms with Gasteiger partial charge in [0, 0.05) is 124 Å². The number of ether oxygens (including phenoxy) is 2. The number of alkyl halides is 1. The number of halogens is 2. The van der Waals surface area contributed by atoms with E-state index < -0.39 is 4.95 Å². The van der Waals surface area contributed by atoms with Crippen molar-refractivity contribution >= 4 is 99.7 Å². The Hall–Kier alpha value is -10.7. The molecule has 0 radical (unpaired) electrons. The molecule has 452 valence electrons. The zero-order chi connectivity index (χ0) is 65.3. The van der Waals surface area contributed by atoms with E-state index in [9.17, 15) is 14.4 Å². The minimum absolute atomic E-state index is 0.0584. The van der Waals surface area contributed by atoms with E-state index in [2.05, 4.69) is 127 Å². The van der Waals surface area contributed by atoms with Gasteiger partial charge in [-0.15, -0.1) is 0 Å². The quantitative estimate of drug-likeness (QED) is 0.0531. The zero-order valence-electron chi connectivity index (χ0n) is 48.2. The summed E-state index contributed by atoms with van der Waals surface area (Å²) >= 11 is 11.2. The molecular weight excluding hydrogens is 1350 g/mol. The molecule has 11 aromatic heterocycles. The first-order valence-corrected chi connectivity index (χ1v) is 29.5. The van der Waals surface area contributed by atoms with Gasteiger partial charge in [0.15, 0.2) is 14.8 Å². The number of rotatable bonds is 11. The Morgan fingerprint density at radius 2 is 0.978 bits per heavy atom. The second kappa shape index (κ2) is 33.9. The number of methoxy groups -OCH3 is 2. The van der Waals surface area contributed by atoms with Crippen LogP contribution >= 0.6 is 77.2 Å². The molecule has 0 saturated heterocycles. The highest BCUT2D eigenvalue weighted by Gasteiger charge is 2.22. The Morgan fingerprint density at radius 1 is 0.584 bits per heavy atom. The van der Waals surface area contributed by atoms with E-state index in [0.717, 1.165) is 22.3 Å². The molecule has 1 unspecified atom stereocenters. The van der Waals surface area contributed by atoms with Gasteiger partial charge >= 0.3 is 4.95 Å². The van der Waals surface area contributed by atoms with Gasteiger partial charge in [-0.05, 0) is 22.9 Å². The fraction of sp³-hybridized carbons (Fsp3) is 0.208. The molecular formula is C53H47Br2N25O5S4. The molecule has 0 fully saturated rings. The standard InChI is InChI=1S/C9H8N4OS.C8H5BrN4S.C8H7N5S.C8H6N4OS.C7H6BrN3O.C7H7N3O.C6H8N2O/c1-13-5-6(4-11-13)8-7(3-10)15-9(12-8)14-2;1-13-4-5(3-11-13)7-6(2-10)14-8(9)12-7;1-13-4-5(3-11-13)7-6(2-9)14-8(10)12-7;1-13-8-12-7(6(2-9)14-8)5-3-10-11-4-5;1-9-7(8)6(12)5-3-10-11(2)4-5;1-8-4-7(11)6-3-9-10(2)5-6;1-5(9)6-3-7-8(2)4-6/h4-5H,1-2H3;3-4H,1H3;3-4H,1H3,(H2,10,12);3-4H,1H3,(H,10,11);3-4,7H,2H3;3,5H,4H2,2H3;3-4H,1-2H3. The number of nitrogens with zero attached hydrogens (tertiary/aromatic N) is 23. The second-order valence-corrected chi connectivity index (χ2v) is 23.2.